The molecule has 3 aliphatic heterocycles. The highest BCUT2D eigenvalue weighted by atomic mass is 16.9. The first-order valence-electron chi connectivity index (χ1n) is 13.3. The van der Waals surface area contributed by atoms with Crippen molar-refractivity contribution in [3.8, 4) is 0 Å². The number of fused-ring (bicyclic) bond motifs is 3. The van der Waals surface area contributed by atoms with Gasteiger partial charge in [-0.05, 0) is 39.5 Å². The summed E-state index contributed by atoms with van der Waals surface area (Å²) >= 11 is 0. The van der Waals surface area contributed by atoms with Crippen molar-refractivity contribution in [3.63, 3.8) is 0 Å². The largest absolute Gasteiger partial charge is 0.481 e. The normalized spacial score (nSPS) is 42.7. The van der Waals surface area contributed by atoms with Crippen molar-refractivity contribution in [3.05, 3.63) is 12.2 Å². The molecular weight excluding hydrogens is 488 g/mol. The van der Waals surface area contributed by atoms with E-state index in [1.165, 1.54) is 0 Å². The van der Waals surface area contributed by atoms with Crippen molar-refractivity contribution in [1.29, 1.82) is 0 Å². The van der Waals surface area contributed by atoms with Crippen molar-refractivity contribution in [2.45, 2.75) is 107 Å². The van der Waals surface area contributed by atoms with Crippen molar-refractivity contribution in [2.75, 3.05) is 13.2 Å². The van der Waals surface area contributed by atoms with E-state index in [2.05, 4.69) is 6.58 Å². The van der Waals surface area contributed by atoms with Crippen molar-refractivity contribution in [2.24, 2.45) is 11.8 Å². The van der Waals surface area contributed by atoms with Crippen LogP contribution in [0.5, 0.6) is 0 Å². The second kappa shape index (κ2) is 10.3. The molecule has 0 radical (unpaired) electrons. The number of esters is 2. The highest BCUT2D eigenvalue weighted by Gasteiger charge is 2.68. The minimum Gasteiger partial charge on any atom is -0.481 e. The molecule has 11 nitrogen and oxygen atoms in total. The Kier molecular flexibility index (Phi) is 7.36. The molecule has 3 heterocycles. The van der Waals surface area contributed by atoms with E-state index in [-0.39, 0.29) is 24.8 Å². The smallest absolute Gasteiger partial charge is 0.333 e. The molecule has 0 aromatic rings. The third-order valence-electron chi connectivity index (χ3n) is 8.11. The van der Waals surface area contributed by atoms with E-state index < -0.39 is 66.1 Å². The van der Waals surface area contributed by atoms with Gasteiger partial charge in [-0.3, -0.25) is 9.59 Å². The van der Waals surface area contributed by atoms with Gasteiger partial charge in [0.15, 0.2) is 17.9 Å². The van der Waals surface area contributed by atoms with Gasteiger partial charge in [0, 0.05) is 18.4 Å². The number of hydrogen-bond acceptors (Lipinski definition) is 10. The second-order valence-electron chi connectivity index (χ2n) is 10.6. The molecular formula is C26H36O11. The van der Waals surface area contributed by atoms with E-state index in [9.17, 15) is 19.5 Å². The van der Waals surface area contributed by atoms with E-state index in [0.717, 1.165) is 25.7 Å². The van der Waals surface area contributed by atoms with Crippen LogP contribution in [-0.2, 0) is 47.5 Å². The maximum absolute atomic E-state index is 12.9. The van der Waals surface area contributed by atoms with Crippen LogP contribution >= 0.6 is 0 Å². The number of ether oxygens (including phenoxy) is 7. The fraction of sp³-hybridized carbons (Fsp3) is 0.808. The molecule has 5 aliphatic rings. The van der Waals surface area contributed by atoms with E-state index in [1.807, 2.05) is 0 Å². The molecule has 1 N–H and O–H groups in total. The van der Waals surface area contributed by atoms with Gasteiger partial charge in [-0.15, -0.1) is 0 Å². The zero-order valence-electron chi connectivity index (χ0n) is 21.3. The Morgan fingerprint density at radius 3 is 2.16 bits per heavy atom. The summed E-state index contributed by atoms with van der Waals surface area (Å²) in [6.07, 6.45) is 1.02. The van der Waals surface area contributed by atoms with E-state index in [1.54, 1.807) is 13.8 Å². The highest BCUT2D eigenvalue weighted by Crippen LogP contribution is 2.53. The average Bonchev–Trinajstić information content (AvgIpc) is 3.41. The summed E-state index contributed by atoms with van der Waals surface area (Å²) in [6, 6.07) is 0. The van der Waals surface area contributed by atoms with Gasteiger partial charge >= 0.3 is 17.9 Å². The number of carbonyl (C=O) groups excluding carboxylic acids is 2. The maximum atomic E-state index is 12.9. The van der Waals surface area contributed by atoms with Crippen LogP contribution in [0.3, 0.4) is 0 Å². The van der Waals surface area contributed by atoms with Gasteiger partial charge in [-0.1, -0.05) is 19.4 Å². The fourth-order valence-electron chi connectivity index (χ4n) is 6.38. The Labute approximate surface area is 215 Å². The predicted molar refractivity (Wildman–Crippen MR) is 124 cm³/mol. The Hall–Kier alpha value is -2.05. The molecule has 0 aromatic carbocycles. The second-order valence-corrected chi connectivity index (χ2v) is 10.6. The van der Waals surface area contributed by atoms with Gasteiger partial charge in [0.2, 0.25) is 0 Å². The summed E-state index contributed by atoms with van der Waals surface area (Å²) in [5, 5.41) is 9.91. The van der Waals surface area contributed by atoms with Gasteiger partial charge in [-0.2, -0.15) is 0 Å². The lowest BCUT2D eigenvalue weighted by Gasteiger charge is -2.39. The Balaban J connectivity index is 1.45. The lowest BCUT2D eigenvalue weighted by atomic mass is 9.83. The first kappa shape index (κ1) is 26.6. The average molecular weight is 525 g/mol. The predicted octanol–water partition coefficient (Wildman–Crippen LogP) is 2.45. The fourth-order valence-corrected chi connectivity index (χ4v) is 6.38. The molecule has 9 atom stereocenters. The number of aliphatic carboxylic acids is 1. The van der Waals surface area contributed by atoms with Crippen molar-refractivity contribution < 1.29 is 52.6 Å². The third-order valence-corrected chi connectivity index (χ3v) is 8.11. The van der Waals surface area contributed by atoms with Crippen LogP contribution in [0.25, 0.3) is 0 Å². The summed E-state index contributed by atoms with van der Waals surface area (Å²) < 4.78 is 42.7. The molecule has 0 aromatic heterocycles. The van der Waals surface area contributed by atoms with Crippen LogP contribution in [0, 0.1) is 11.8 Å². The molecule has 37 heavy (non-hydrogen) atoms. The number of carboxylic acid groups (broad SMARTS) is 1. The van der Waals surface area contributed by atoms with Gasteiger partial charge in [0.25, 0.3) is 0 Å². The van der Waals surface area contributed by atoms with Crippen LogP contribution in [0.1, 0.15) is 65.2 Å². The zero-order valence-corrected chi connectivity index (χ0v) is 21.3. The van der Waals surface area contributed by atoms with E-state index in [0.29, 0.717) is 25.7 Å². The molecule has 4 unspecified atom stereocenters. The lowest BCUT2D eigenvalue weighted by Crippen LogP contribution is -2.56. The molecule has 3 saturated heterocycles. The molecule has 11 heteroatoms. The molecule has 5 rings (SSSR count). The third kappa shape index (κ3) is 4.69. The minimum atomic E-state index is -1.35. The number of hydrogen-bond donors (Lipinski definition) is 1. The van der Waals surface area contributed by atoms with Crippen LogP contribution in [0.4, 0.5) is 0 Å². The summed E-state index contributed by atoms with van der Waals surface area (Å²) in [5.74, 6) is -6.03. The molecule has 0 amide bonds. The van der Waals surface area contributed by atoms with Crippen LogP contribution in [0.2, 0.25) is 0 Å². The zero-order chi connectivity index (χ0) is 26.4. The summed E-state index contributed by atoms with van der Waals surface area (Å²) in [6.45, 7) is 6.99. The van der Waals surface area contributed by atoms with Gasteiger partial charge in [0.1, 0.15) is 42.9 Å². The number of rotatable bonds is 6. The molecule has 2 spiro atoms. The molecule has 0 bridgehead atoms. The number of carbonyl (C=O) groups is 3. The monoisotopic (exact) mass is 524 g/mol. The molecule has 2 aliphatic carbocycles. The Morgan fingerprint density at radius 1 is 0.892 bits per heavy atom. The first-order chi connectivity index (χ1) is 17.7. The quantitative estimate of drug-likeness (QED) is 0.405. The topological polar surface area (TPSA) is 136 Å². The van der Waals surface area contributed by atoms with Crippen LogP contribution in [0.15, 0.2) is 12.2 Å². The maximum Gasteiger partial charge on any atom is 0.333 e. The van der Waals surface area contributed by atoms with Gasteiger partial charge < -0.3 is 38.3 Å². The standard InChI is InChI=1S/C26H36O11/c1-4-31-23(30)16-10-6-8-12-26(16)34-18-17(13-32-22(29)14(2)3)33-24-20(19(18)35-26)36-25(37-24)11-7-5-9-15(25)21(27)28/h15-20,24H,2,4-13H2,1,3H3,(H,27,28)/t15?,16?,17-,18+,19+,20-,24+,25?,26?/m1/s1. The molecule has 5 fully saturated rings. The van der Waals surface area contributed by atoms with Crippen LogP contribution in [-0.4, -0.2) is 78.5 Å². The minimum absolute atomic E-state index is 0.154. The van der Waals surface area contributed by atoms with Crippen molar-refractivity contribution in [1.82, 2.24) is 0 Å². The Morgan fingerprint density at radius 2 is 1.51 bits per heavy atom. The summed E-state index contributed by atoms with van der Waals surface area (Å²) in [7, 11) is 0. The lowest BCUT2D eigenvalue weighted by molar-refractivity contribution is -0.272. The highest BCUT2D eigenvalue weighted by molar-refractivity contribution is 5.86. The van der Waals surface area contributed by atoms with Gasteiger partial charge in [0.05, 0.1) is 6.61 Å². The molecule has 206 valence electrons. The SMILES string of the molecule is C=C(C)C(=O)OC[C@H]1O[C@H]2OC3(CCCCC3C(=O)O)O[C@@H]2[C@H]2OC3(CCCCC3C(=O)OCC)O[C@H]21. The molecule has 2 saturated carbocycles. The summed E-state index contributed by atoms with van der Waals surface area (Å²) in [4.78, 5) is 37.2. The van der Waals surface area contributed by atoms with Crippen molar-refractivity contribution >= 4 is 17.9 Å². The number of carboxylic acids is 1. The summed E-state index contributed by atoms with van der Waals surface area (Å²) in [5.41, 5.74) is 0.242. The Bertz CT molecular complexity index is 935. The van der Waals surface area contributed by atoms with E-state index in [4.69, 9.17) is 33.2 Å². The van der Waals surface area contributed by atoms with Gasteiger partial charge in [-0.25, -0.2) is 4.79 Å². The van der Waals surface area contributed by atoms with Crippen LogP contribution < -0.4 is 0 Å². The van der Waals surface area contributed by atoms with E-state index >= 15 is 0 Å². The first-order valence-corrected chi connectivity index (χ1v) is 13.3.